The first kappa shape index (κ1) is 12.1. The minimum atomic E-state index is 0.589. The fourth-order valence-corrected chi connectivity index (χ4v) is 1.81. The molecule has 0 aliphatic heterocycles. The topological polar surface area (TPSA) is 35.2 Å². The van der Waals surface area contributed by atoms with Gasteiger partial charge in [-0.3, -0.25) is 0 Å². The molecule has 0 amide bonds. The van der Waals surface area contributed by atoms with Crippen LogP contribution in [0.4, 0.5) is 0 Å². The van der Waals surface area contributed by atoms with E-state index in [9.17, 15) is 0 Å². The maximum absolute atomic E-state index is 5.60. The average molecular weight is 207 g/mol. The lowest BCUT2D eigenvalue weighted by Gasteiger charge is -2.14. The zero-order chi connectivity index (χ0) is 11.1. The summed E-state index contributed by atoms with van der Waals surface area (Å²) in [5.74, 6) is 1.54. The molecule has 2 N–H and O–H groups in total. The third-order valence-corrected chi connectivity index (χ3v) is 2.67. The van der Waals surface area contributed by atoms with Crippen molar-refractivity contribution < 1.29 is 4.74 Å². The van der Waals surface area contributed by atoms with Gasteiger partial charge < -0.3 is 10.5 Å². The van der Waals surface area contributed by atoms with Gasteiger partial charge >= 0.3 is 0 Å². The molecule has 15 heavy (non-hydrogen) atoms. The minimum Gasteiger partial charge on any atom is -0.494 e. The van der Waals surface area contributed by atoms with Crippen LogP contribution in [0.1, 0.15) is 38.2 Å². The maximum atomic E-state index is 5.60. The second kappa shape index (κ2) is 6.46. The number of hydrogen-bond acceptors (Lipinski definition) is 2. The van der Waals surface area contributed by atoms with Crippen molar-refractivity contribution in [2.45, 2.75) is 32.6 Å². The van der Waals surface area contributed by atoms with Gasteiger partial charge in [0.15, 0.2) is 0 Å². The van der Waals surface area contributed by atoms with E-state index in [1.807, 2.05) is 19.1 Å². The second-order valence-electron chi connectivity index (χ2n) is 3.68. The van der Waals surface area contributed by atoms with E-state index in [1.165, 1.54) is 5.56 Å². The summed E-state index contributed by atoms with van der Waals surface area (Å²) >= 11 is 0. The molecule has 0 saturated carbocycles. The molecular weight excluding hydrogens is 186 g/mol. The SMILES string of the molecule is CCOc1ccc(C(CC)CCN)cc1. The van der Waals surface area contributed by atoms with Crippen LogP contribution in [0.2, 0.25) is 0 Å². The van der Waals surface area contributed by atoms with Gasteiger partial charge in [0.2, 0.25) is 0 Å². The van der Waals surface area contributed by atoms with Crippen molar-refractivity contribution in [1.29, 1.82) is 0 Å². The fraction of sp³-hybridized carbons (Fsp3) is 0.538. The second-order valence-corrected chi connectivity index (χ2v) is 3.68. The Hall–Kier alpha value is -1.02. The molecule has 1 atom stereocenters. The normalized spacial score (nSPS) is 12.5. The van der Waals surface area contributed by atoms with Gasteiger partial charge in [0, 0.05) is 0 Å². The van der Waals surface area contributed by atoms with Crippen molar-refractivity contribution in [2.75, 3.05) is 13.2 Å². The summed E-state index contributed by atoms with van der Waals surface area (Å²) in [6.07, 6.45) is 2.20. The quantitative estimate of drug-likeness (QED) is 0.778. The van der Waals surface area contributed by atoms with E-state index in [1.54, 1.807) is 0 Å². The Morgan fingerprint density at radius 3 is 2.33 bits per heavy atom. The molecule has 0 aliphatic rings. The van der Waals surface area contributed by atoms with Crippen LogP contribution >= 0.6 is 0 Å². The molecule has 2 heteroatoms. The molecule has 0 radical (unpaired) electrons. The van der Waals surface area contributed by atoms with Crippen LogP contribution in [0.15, 0.2) is 24.3 Å². The molecule has 84 valence electrons. The first-order valence-electron chi connectivity index (χ1n) is 5.74. The van der Waals surface area contributed by atoms with Crippen LogP contribution in [0.25, 0.3) is 0 Å². The molecule has 0 bridgehead atoms. The van der Waals surface area contributed by atoms with Crippen LogP contribution in [0.3, 0.4) is 0 Å². The van der Waals surface area contributed by atoms with Gasteiger partial charge in [0.25, 0.3) is 0 Å². The van der Waals surface area contributed by atoms with E-state index in [4.69, 9.17) is 10.5 Å². The van der Waals surface area contributed by atoms with Crippen molar-refractivity contribution >= 4 is 0 Å². The number of rotatable bonds is 6. The highest BCUT2D eigenvalue weighted by Gasteiger charge is 2.07. The summed E-state index contributed by atoms with van der Waals surface area (Å²) in [4.78, 5) is 0. The van der Waals surface area contributed by atoms with Crippen molar-refractivity contribution in [3.8, 4) is 5.75 Å². The Morgan fingerprint density at radius 2 is 1.87 bits per heavy atom. The molecule has 1 unspecified atom stereocenters. The largest absolute Gasteiger partial charge is 0.494 e. The molecule has 2 nitrogen and oxygen atoms in total. The predicted octanol–water partition coefficient (Wildman–Crippen LogP) is 2.93. The average Bonchev–Trinajstić information content (AvgIpc) is 2.28. The Morgan fingerprint density at radius 1 is 1.20 bits per heavy atom. The van der Waals surface area contributed by atoms with Gasteiger partial charge in [-0.25, -0.2) is 0 Å². The lowest BCUT2D eigenvalue weighted by atomic mass is 9.93. The van der Waals surface area contributed by atoms with Gasteiger partial charge in [-0.2, -0.15) is 0 Å². The van der Waals surface area contributed by atoms with E-state index in [2.05, 4.69) is 19.1 Å². The highest BCUT2D eigenvalue weighted by molar-refractivity contribution is 5.29. The fourth-order valence-electron chi connectivity index (χ4n) is 1.81. The molecule has 0 heterocycles. The van der Waals surface area contributed by atoms with Crippen LogP contribution in [-0.4, -0.2) is 13.2 Å². The van der Waals surface area contributed by atoms with Gasteiger partial charge in [0.1, 0.15) is 5.75 Å². The van der Waals surface area contributed by atoms with E-state index < -0.39 is 0 Å². The lowest BCUT2D eigenvalue weighted by molar-refractivity contribution is 0.340. The molecule has 0 spiro atoms. The number of nitrogens with two attached hydrogens (primary N) is 1. The van der Waals surface area contributed by atoms with Crippen molar-refractivity contribution in [1.82, 2.24) is 0 Å². The van der Waals surface area contributed by atoms with Gasteiger partial charge in [-0.1, -0.05) is 19.1 Å². The van der Waals surface area contributed by atoms with Crippen LogP contribution in [-0.2, 0) is 0 Å². The molecule has 0 aliphatic carbocycles. The first-order valence-corrected chi connectivity index (χ1v) is 5.74. The minimum absolute atomic E-state index is 0.589. The predicted molar refractivity (Wildman–Crippen MR) is 64.3 cm³/mol. The summed E-state index contributed by atoms with van der Waals surface area (Å²) < 4.78 is 5.41. The number of hydrogen-bond donors (Lipinski definition) is 1. The molecule has 1 aromatic carbocycles. The van der Waals surface area contributed by atoms with Gasteiger partial charge in [-0.05, 0) is 49.9 Å². The van der Waals surface area contributed by atoms with E-state index in [0.29, 0.717) is 5.92 Å². The van der Waals surface area contributed by atoms with Crippen molar-refractivity contribution in [3.63, 3.8) is 0 Å². The molecule has 0 aromatic heterocycles. The zero-order valence-electron chi connectivity index (χ0n) is 9.70. The molecular formula is C13H21NO. The summed E-state index contributed by atoms with van der Waals surface area (Å²) in [6.45, 7) is 5.68. The van der Waals surface area contributed by atoms with Gasteiger partial charge in [0.05, 0.1) is 6.61 Å². The van der Waals surface area contributed by atoms with E-state index in [-0.39, 0.29) is 0 Å². The third-order valence-electron chi connectivity index (χ3n) is 2.67. The lowest BCUT2D eigenvalue weighted by Crippen LogP contribution is -2.06. The summed E-state index contributed by atoms with van der Waals surface area (Å²) in [6, 6.07) is 8.37. The number of benzene rings is 1. The first-order chi connectivity index (χ1) is 7.31. The van der Waals surface area contributed by atoms with E-state index >= 15 is 0 Å². The third kappa shape index (κ3) is 3.56. The van der Waals surface area contributed by atoms with Crippen LogP contribution in [0, 0.1) is 0 Å². The molecule has 0 fully saturated rings. The molecule has 1 rings (SSSR count). The maximum Gasteiger partial charge on any atom is 0.119 e. The smallest absolute Gasteiger partial charge is 0.119 e. The van der Waals surface area contributed by atoms with Crippen molar-refractivity contribution in [3.05, 3.63) is 29.8 Å². The Balaban J connectivity index is 2.68. The standard InChI is InChI=1S/C13H21NO/c1-3-11(9-10-14)12-5-7-13(8-6-12)15-4-2/h5-8,11H,3-4,9-10,14H2,1-2H3. The van der Waals surface area contributed by atoms with Crippen LogP contribution in [0.5, 0.6) is 5.75 Å². The summed E-state index contributed by atoms with van der Waals surface area (Å²) in [5.41, 5.74) is 6.96. The van der Waals surface area contributed by atoms with Crippen molar-refractivity contribution in [2.24, 2.45) is 5.73 Å². The van der Waals surface area contributed by atoms with Gasteiger partial charge in [-0.15, -0.1) is 0 Å². The summed E-state index contributed by atoms with van der Waals surface area (Å²) in [7, 11) is 0. The molecule has 1 aromatic rings. The Bertz CT molecular complexity index is 268. The highest BCUT2D eigenvalue weighted by atomic mass is 16.5. The van der Waals surface area contributed by atoms with Crippen LogP contribution < -0.4 is 10.5 Å². The van der Waals surface area contributed by atoms with E-state index in [0.717, 1.165) is 31.7 Å². The Kier molecular flexibility index (Phi) is 5.19. The molecule has 0 saturated heterocycles. The summed E-state index contributed by atoms with van der Waals surface area (Å²) in [5, 5.41) is 0. The zero-order valence-corrected chi connectivity index (χ0v) is 9.70. The highest BCUT2D eigenvalue weighted by Crippen LogP contribution is 2.24. The number of ether oxygens (including phenoxy) is 1. The monoisotopic (exact) mass is 207 g/mol. The Labute approximate surface area is 92.4 Å².